The number of fused-ring (bicyclic) bond motifs is 2. The molecule has 0 aromatic carbocycles. The SMILES string of the molecule is CCCNc1cncc(N2CC3CCC(C2)O3)c1. The Hall–Kier alpha value is -1.29. The second kappa shape index (κ2) is 5.14. The van der Waals surface area contributed by atoms with E-state index in [0.29, 0.717) is 12.2 Å². The molecule has 2 aliphatic rings. The Morgan fingerprint density at radius 1 is 1.33 bits per heavy atom. The minimum atomic E-state index is 0.427. The molecule has 3 heterocycles. The maximum absolute atomic E-state index is 5.87. The summed E-state index contributed by atoms with van der Waals surface area (Å²) in [6.45, 7) is 5.19. The van der Waals surface area contributed by atoms with Gasteiger partial charge >= 0.3 is 0 Å². The number of hydrogen-bond donors (Lipinski definition) is 1. The van der Waals surface area contributed by atoms with Crippen molar-refractivity contribution < 1.29 is 4.74 Å². The molecule has 0 saturated carbocycles. The Balaban J connectivity index is 1.71. The van der Waals surface area contributed by atoms with Gasteiger partial charge in [-0.3, -0.25) is 4.98 Å². The average molecular weight is 247 g/mol. The van der Waals surface area contributed by atoms with E-state index in [-0.39, 0.29) is 0 Å². The van der Waals surface area contributed by atoms with Gasteiger partial charge in [-0.15, -0.1) is 0 Å². The van der Waals surface area contributed by atoms with E-state index in [2.05, 4.69) is 28.2 Å². The summed E-state index contributed by atoms with van der Waals surface area (Å²) in [6.07, 6.45) is 8.26. The maximum atomic E-state index is 5.87. The molecule has 0 radical (unpaired) electrons. The molecule has 0 aliphatic carbocycles. The van der Waals surface area contributed by atoms with E-state index in [4.69, 9.17) is 4.74 Å². The number of aromatic nitrogens is 1. The zero-order valence-corrected chi connectivity index (χ0v) is 10.9. The van der Waals surface area contributed by atoms with Gasteiger partial charge in [0.15, 0.2) is 0 Å². The summed E-state index contributed by atoms with van der Waals surface area (Å²) < 4.78 is 5.87. The number of pyridine rings is 1. The molecule has 0 amide bonds. The summed E-state index contributed by atoms with van der Waals surface area (Å²) in [5.74, 6) is 0. The van der Waals surface area contributed by atoms with Crippen LogP contribution in [0.5, 0.6) is 0 Å². The largest absolute Gasteiger partial charge is 0.384 e. The second-order valence-electron chi connectivity index (χ2n) is 5.22. The molecular weight excluding hydrogens is 226 g/mol. The highest BCUT2D eigenvalue weighted by Gasteiger charge is 2.33. The van der Waals surface area contributed by atoms with Crippen LogP contribution in [0.25, 0.3) is 0 Å². The van der Waals surface area contributed by atoms with Gasteiger partial charge in [0.25, 0.3) is 0 Å². The fraction of sp³-hybridized carbons (Fsp3) is 0.643. The Kier molecular flexibility index (Phi) is 3.37. The molecule has 2 aliphatic heterocycles. The van der Waals surface area contributed by atoms with Gasteiger partial charge in [0.1, 0.15) is 0 Å². The molecule has 18 heavy (non-hydrogen) atoms. The van der Waals surface area contributed by atoms with Crippen molar-refractivity contribution in [3.63, 3.8) is 0 Å². The van der Waals surface area contributed by atoms with E-state index in [1.807, 2.05) is 12.4 Å². The van der Waals surface area contributed by atoms with Crippen LogP contribution in [0.4, 0.5) is 11.4 Å². The second-order valence-corrected chi connectivity index (χ2v) is 5.22. The number of rotatable bonds is 4. The van der Waals surface area contributed by atoms with Gasteiger partial charge in [-0.2, -0.15) is 0 Å². The van der Waals surface area contributed by atoms with Crippen molar-refractivity contribution in [3.05, 3.63) is 18.5 Å². The minimum absolute atomic E-state index is 0.427. The Labute approximate surface area is 108 Å². The molecule has 98 valence electrons. The maximum Gasteiger partial charge on any atom is 0.0755 e. The number of nitrogens with zero attached hydrogens (tertiary/aromatic N) is 2. The van der Waals surface area contributed by atoms with E-state index >= 15 is 0 Å². The fourth-order valence-electron chi connectivity index (χ4n) is 2.79. The van der Waals surface area contributed by atoms with Crippen LogP contribution in [-0.4, -0.2) is 36.8 Å². The lowest BCUT2D eigenvalue weighted by Gasteiger charge is -2.33. The Morgan fingerprint density at radius 2 is 2.11 bits per heavy atom. The molecule has 2 unspecified atom stereocenters. The number of anilines is 2. The van der Waals surface area contributed by atoms with Gasteiger partial charge in [0.2, 0.25) is 0 Å². The molecule has 1 aromatic heterocycles. The minimum Gasteiger partial charge on any atom is -0.384 e. The molecule has 4 heteroatoms. The number of morpholine rings is 1. The summed E-state index contributed by atoms with van der Waals surface area (Å²) in [5, 5.41) is 3.39. The average Bonchev–Trinajstić information content (AvgIpc) is 2.75. The van der Waals surface area contributed by atoms with Gasteiger partial charge in [-0.1, -0.05) is 6.92 Å². The van der Waals surface area contributed by atoms with Crippen LogP contribution in [0.15, 0.2) is 18.5 Å². The topological polar surface area (TPSA) is 37.4 Å². The van der Waals surface area contributed by atoms with Crippen LogP contribution in [0.3, 0.4) is 0 Å². The Morgan fingerprint density at radius 3 is 2.83 bits per heavy atom. The van der Waals surface area contributed by atoms with E-state index in [1.165, 1.54) is 18.5 Å². The lowest BCUT2D eigenvalue weighted by atomic mass is 10.2. The lowest BCUT2D eigenvalue weighted by Crippen LogP contribution is -2.42. The van der Waals surface area contributed by atoms with Crippen molar-refractivity contribution in [1.29, 1.82) is 0 Å². The molecule has 4 nitrogen and oxygen atoms in total. The molecular formula is C14H21N3O. The first kappa shape index (κ1) is 11.8. The van der Waals surface area contributed by atoms with Crippen molar-refractivity contribution >= 4 is 11.4 Å². The van der Waals surface area contributed by atoms with E-state index in [0.717, 1.165) is 31.7 Å². The molecule has 2 fully saturated rings. The third-order valence-electron chi connectivity index (χ3n) is 3.71. The van der Waals surface area contributed by atoms with Gasteiger partial charge in [0.05, 0.1) is 36.0 Å². The summed E-state index contributed by atoms with van der Waals surface area (Å²) >= 11 is 0. The molecule has 2 saturated heterocycles. The van der Waals surface area contributed by atoms with Crippen molar-refractivity contribution in [2.45, 2.75) is 38.4 Å². The molecule has 3 rings (SSSR count). The van der Waals surface area contributed by atoms with Crippen molar-refractivity contribution in [1.82, 2.24) is 4.98 Å². The standard InChI is InChI=1S/C14H21N3O/c1-2-5-16-11-6-12(8-15-7-11)17-9-13-3-4-14(10-17)18-13/h6-8,13-14,16H,2-5,9-10H2,1H3. The monoisotopic (exact) mass is 247 g/mol. The van der Waals surface area contributed by atoms with Gasteiger partial charge < -0.3 is 15.0 Å². The van der Waals surface area contributed by atoms with Crippen molar-refractivity contribution in [3.8, 4) is 0 Å². The lowest BCUT2D eigenvalue weighted by molar-refractivity contribution is 0.0305. The summed E-state index contributed by atoms with van der Waals surface area (Å²) in [5.41, 5.74) is 2.34. The third-order valence-corrected chi connectivity index (χ3v) is 3.71. The quantitative estimate of drug-likeness (QED) is 0.885. The predicted octanol–water partition coefficient (Wildman–Crippen LogP) is 2.27. The van der Waals surface area contributed by atoms with Gasteiger partial charge in [-0.25, -0.2) is 0 Å². The van der Waals surface area contributed by atoms with Crippen LogP contribution < -0.4 is 10.2 Å². The highest BCUT2D eigenvalue weighted by Crippen LogP contribution is 2.30. The van der Waals surface area contributed by atoms with Crippen molar-refractivity contribution in [2.24, 2.45) is 0 Å². The molecule has 1 aromatic rings. The van der Waals surface area contributed by atoms with E-state index in [1.54, 1.807) is 0 Å². The van der Waals surface area contributed by atoms with Gasteiger partial charge in [-0.05, 0) is 25.3 Å². The zero-order valence-electron chi connectivity index (χ0n) is 10.9. The fourth-order valence-corrected chi connectivity index (χ4v) is 2.79. The summed E-state index contributed by atoms with van der Waals surface area (Å²) in [4.78, 5) is 6.75. The predicted molar refractivity (Wildman–Crippen MR) is 73.1 cm³/mol. The normalized spacial score (nSPS) is 26.4. The molecule has 2 atom stereocenters. The van der Waals surface area contributed by atoms with Crippen molar-refractivity contribution in [2.75, 3.05) is 29.9 Å². The molecule has 2 bridgehead atoms. The number of nitrogens with one attached hydrogen (secondary N) is 1. The summed E-state index contributed by atoms with van der Waals surface area (Å²) in [7, 11) is 0. The van der Waals surface area contributed by atoms with Gasteiger partial charge in [0, 0.05) is 19.6 Å². The van der Waals surface area contributed by atoms with Crippen LogP contribution in [0.1, 0.15) is 26.2 Å². The highest BCUT2D eigenvalue weighted by atomic mass is 16.5. The van der Waals surface area contributed by atoms with Crippen LogP contribution in [0.2, 0.25) is 0 Å². The van der Waals surface area contributed by atoms with Crippen LogP contribution >= 0.6 is 0 Å². The smallest absolute Gasteiger partial charge is 0.0755 e. The van der Waals surface area contributed by atoms with Crippen LogP contribution in [0, 0.1) is 0 Å². The summed E-state index contributed by atoms with van der Waals surface area (Å²) in [6, 6.07) is 2.20. The molecule has 0 spiro atoms. The third kappa shape index (κ3) is 2.43. The first-order chi connectivity index (χ1) is 8.85. The zero-order chi connectivity index (χ0) is 12.4. The van der Waals surface area contributed by atoms with E-state index < -0.39 is 0 Å². The van der Waals surface area contributed by atoms with E-state index in [9.17, 15) is 0 Å². The first-order valence-electron chi connectivity index (χ1n) is 6.94. The van der Waals surface area contributed by atoms with Crippen LogP contribution in [-0.2, 0) is 4.74 Å². The first-order valence-corrected chi connectivity index (χ1v) is 6.94. The number of hydrogen-bond acceptors (Lipinski definition) is 4. The Bertz CT molecular complexity index is 398. The highest BCUT2D eigenvalue weighted by molar-refractivity contribution is 5.56. The molecule has 1 N–H and O–H groups in total. The number of ether oxygens (including phenoxy) is 1.